The number of nitrogens with zero attached hydrogens (tertiary/aromatic N) is 4. The summed E-state index contributed by atoms with van der Waals surface area (Å²) in [5, 5.41) is 56.3. The van der Waals surface area contributed by atoms with Gasteiger partial charge in [0.2, 0.25) is 0 Å². The third kappa shape index (κ3) is 4.49. The number of fused-ring (bicyclic) bond motifs is 1. The molecule has 10 heteroatoms. The first-order valence-electron chi connectivity index (χ1n) is 9.39. The molecule has 6 N–H and O–H groups in total. The van der Waals surface area contributed by atoms with E-state index in [1.165, 1.54) is 48.8 Å². The van der Waals surface area contributed by atoms with Gasteiger partial charge in [0.25, 0.3) is 0 Å². The molecule has 0 atom stereocenters. The summed E-state index contributed by atoms with van der Waals surface area (Å²) < 4.78 is 0. The highest BCUT2D eigenvalue weighted by Gasteiger charge is 2.08. The molecule has 0 saturated heterocycles. The molecule has 0 saturated carbocycles. The second kappa shape index (κ2) is 8.88. The summed E-state index contributed by atoms with van der Waals surface area (Å²) in [6.45, 7) is 0. The summed E-state index contributed by atoms with van der Waals surface area (Å²) in [6.07, 6.45) is 2.79. The maximum atomic E-state index is 9.84. The van der Waals surface area contributed by atoms with E-state index in [0.717, 1.165) is 10.8 Å². The Labute approximate surface area is 181 Å². The van der Waals surface area contributed by atoms with Crippen molar-refractivity contribution in [3.63, 3.8) is 0 Å². The second-order valence-corrected chi connectivity index (χ2v) is 6.67. The molecule has 0 aliphatic heterocycles. The molecule has 0 aliphatic carbocycles. The van der Waals surface area contributed by atoms with E-state index in [0.29, 0.717) is 22.8 Å². The van der Waals surface area contributed by atoms with Crippen molar-refractivity contribution in [3.8, 4) is 23.0 Å². The van der Waals surface area contributed by atoms with Gasteiger partial charge in [-0.3, -0.25) is 10.9 Å². The third-order valence-electron chi connectivity index (χ3n) is 4.46. The first-order chi connectivity index (χ1) is 15.5. The lowest BCUT2D eigenvalue weighted by Crippen LogP contribution is -2.01. The maximum Gasteiger partial charge on any atom is 0.176 e. The van der Waals surface area contributed by atoms with Crippen LogP contribution < -0.4 is 10.9 Å². The van der Waals surface area contributed by atoms with Gasteiger partial charge in [-0.25, -0.2) is 0 Å². The molecule has 3 aromatic carbocycles. The number of phenols is 4. The predicted octanol–water partition coefficient (Wildman–Crippen LogP) is 3.34. The van der Waals surface area contributed by atoms with Crippen LogP contribution in [-0.4, -0.2) is 43.1 Å². The number of hydrogen-bond donors (Lipinski definition) is 6. The molecule has 32 heavy (non-hydrogen) atoms. The first kappa shape index (κ1) is 20.4. The summed E-state index contributed by atoms with van der Waals surface area (Å²) >= 11 is 0. The Morgan fingerprint density at radius 1 is 0.625 bits per heavy atom. The van der Waals surface area contributed by atoms with E-state index in [9.17, 15) is 20.4 Å². The lowest BCUT2D eigenvalue weighted by Gasteiger charge is -2.08. The lowest BCUT2D eigenvalue weighted by molar-refractivity contribution is 0.449. The molecule has 0 spiro atoms. The number of anilines is 2. The summed E-state index contributed by atoms with van der Waals surface area (Å²) in [5.41, 5.74) is 6.43. The minimum absolute atomic E-state index is 0.0455. The first-order valence-corrected chi connectivity index (χ1v) is 9.39. The fourth-order valence-electron chi connectivity index (χ4n) is 2.88. The van der Waals surface area contributed by atoms with E-state index < -0.39 is 0 Å². The minimum atomic E-state index is -0.108. The highest BCUT2D eigenvalue weighted by atomic mass is 16.3. The summed E-state index contributed by atoms with van der Waals surface area (Å²) in [4.78, 5) is 0. The van der Waals surface area contributed by atoms with Crippen LogP contribution in [0.1, 0.15) is 11.1 Å². The molecule has 160 valence electrons. The van der Waals surface area contributed by atoms with Crippen molar-refractivity contribution in [2.75, 3.05) is 10.9 Å². The quantitative estimate of drug-likeness (QED) is 0.201. The number of aromatic nitrogens is 2. The van der Waals surface area contributed by atoms with E-state index >= 15 is 0 Å². The summed E-state index contributed by atoms with van der Waals surface area (Å²) in [7, 11) is 0. The molecule has 0 radical (unpaired) electrons. The number of benzene rings is 3. The van der Waals surface area contributed by atoms with Crippen LogP contribution in [0.4, 0.5) is 11.6 Å². The standard InChI is InChI=1S/C22H18N6O4/c29-15-7-5-13(19(31)9-15)11-23-25-21-17-3-1-2-4-18(17)22(28-27-21)26-24-12-14-6-8-16(30)10-20(14)32/h1-12,29-32H,(H,25,27)(H,26,28)/b23-11-,24-12-. The maximum absolute atomic E-state index is 9.84. The molecular formula is C22H18N6O4. The van der Waals surface area contributed by atoms with Crippen molar-refractivity contribution < 1.29 is 20.4 Å². The molecule has 0 fully saturated rings. The molecule has 4 aromatic rings. The molecule has 0 unspecified atom stereocenters. The number of aromatic hydroxyl groups is 4. The Morgan fingerprint density at radius 3 is 1.47 bits per heavy atom. The van der Waals surface area contributed by atoms with Crippen LogP contribution in [0.15, 0.2) is 70.9 Å². The van der Waals surface area contributed by atoms with Gasteiger partial charge in [0.05, 0.1) is 12.4 Å². The van der Waals surface area contributed by atoms with Crippen LogP contribution in [0.5, 0.6) is 23.0 Å². The monoisotopic (exact) mass is 430 g/mol. The van der Waals surface area contributed by atoms with Gasteiger partial charge in [-0.2, -0.15) is 10.2 Å². The van der Waals surface area contributed by atoms with E-state index in [-0.39, 0.29) is 23.0 Å². The average molecular weight is 430 g/mol. The molecule has 0 bridgehead atoms. The van der Waals surface area contributed by atoms with Crippen molar-refractivity contribution in [2.24, 2.45) is 10.2 Å². The Morgan fingerprint density at radius 2 is 1.06 bits per heavy atom. The van der Waals surface area contributed by atoms with Crippen LogP contribution >= 0.6 is 0 Å². The minimum Gasteiger partial charge on any atom is -0.508 e. The second-order valence-electron chi connectivity index (χ2n) is 6.67. The van der Waals surface area contributed by atoms with Gasteiger partial charge in [-0.1, -0.05) is 24.3 Å². The number of rotatable bonds is 6. The molecule has 4 rings (SSSR count). The van der Waals surface area contributed by atoms with E-state index in [4.69, 9.17) is 0 Å². The van der Waals surface area contributed by atoms with Gasteiger partial charge in [0, 0.05) is 34.0 Å². The number of hydrazone groups is 2. The van der Waals surface area contributed by atoms with Crippen molar-refractivity contribution >= 4 is 34.8 Å². The SMILES string of the molecule is Oc1ccc(/C=N\Nc2nnc(N/N=C\c3ccc(O)cc3O)c3ccccc23)c(O)c1. The Kier molecular flexibility index (Phi) is 5.66. The molecule has 10 nitrogen and oxygen atoms in total. The van der Waals surface area contributed by atoms with E-state index in [1.54, 1.807) is 0 Å². The van der Waals surface area contributed by atoms with Crippen molar-refractivity contribution in [3.05, 3.63) is 71.8 Å². The molecule has 0 aliphatic rings. The number of nitrogens with one attached hydrogen (secondary N) is 2. The molecular weight excluding hydrogens is 412 g/mol. The van der Waals surface area contributed by atoms with Crippen LogP contribution in [0.25, 0.3) is 10.8 Å². The molecule has 1 aromatic heterocycles. The fraction of sp³-hybridized carbons (Fsp3) is 0. The van der Waals surface area contributed by atoms with Crippen LogP contribution in [-0.2, 0) is 0 Å². The Hall–Kier alpha value is -4.86. The van der Waals surface area contributed by atoms with Crippen molar-refractivity contribution in [2.45, 2.75) is 0 Å². The van der Waals surface area contributed by atoms with E-state index in [2.05, 4.69) is 31.3 Å². The zero-order valence-corrected chi connectivity index (χ0v) is 16.5. The third-order valence-corrected chi connectivity index (χ3v) is 4.46. The number of hydrogen-bond acceptors (Lipinski definition) is 10. The van der Waals surface area contributed by atoms with Crippen LogP contribution in [0.3, 0.4) is 0 Å². The van der Waals surface area contributed by atoms with Gasteiger partial charge in [-0.05, 0) is 24.3 Å². The topological polar surface area (TPSA) is 155 Å². The van der Waals surface area contributed by atoms with Gasteiger partial charge in [-0.15, -0.1) is 10.2 Å². The zero-order chi connectivity index (χ0) is 22.5. The lowest BCUT2D eigenvalue weighted by atomic mass is 10.2. The Balaban J connectivity index is 1.54. The van der Waals surface area contributed by atoms with Crippen LogP contribution in [0.2, 0.25) is 0 Å². The molecule has 1 heterocycles. The Bertz CT molecular complexity index is 1240. The van der Waals surface area contributed by atoms with Crippen LogP contribution in [0, 0.1) is 0 Å². The van der Waals surface area contributed by atoms with Gasteiger partial charge >= 0.3 is 0 Å². The highest BCUT2D eigenvalue weighted by Crippen LogP contribution is 2.26. The normalized spacial score (nSPS) is 11.4. The van der Waals surface area contributed by atoms with E-state index in [1.807, 2.05) is 24.3 Å². The molecule has 0 amide bonds. The highest BCUT2D eigenvalue weighted by molar-refractivity contribution is 5.98. The van der Waals surface area contributed by atoms with Crippen molar-refractivity contribution in [1.82, 2.24) is 10.2 Å². The van der Waals surface area contributed by atoms with Crippen molar-refractivity contribution in [1.29, 1.82) is 0 Å². The smallest absolute Gasteiger partial charge is 0.176 e. The summed E-state index contributed by atoms with van der Waals surface area (Å²) in [6, 6.07) is 15.7. The van der Waals surface area contributed by atoms with Gasteiger partial charge in [0.15, 0.2) is 11.6 Å². The fourth-order valence-corrected chi connectivity index (χ4v) is 2.88. The number of phenolic OH excluding ortho intramolecular Hbond substituents is 4. The predicted molar refractivity (Wildman–Crippen MR) is 122 cm³/mol. The van der Waals surface area contributed by atoms with Gasteiger partial charge < -0.3 is 20.4 Å². The zero-order valence-electron chi connectivity index (χ0n) is 16.5. The largest absolute Gasteiger partial charge is 0.508 e. The summed E-state index contributed by atoms with van der Waals surface area (Å²) in [5.74, 6) is 0.473. The van der Waals surface area contributed by atoms with Gasteiger partial charge in [0.1, 0.15) is 23.0 Å². The average Bonchev–Trinajstić information content (AvgIpc) is 2.77.